The Morgan fingerprint density at radius 3 is 2.19 bits per heavy atom. The first-order valence-corrected chi connectivity index (χ1v) is 22.6. The van der Waals surface area contributed by atoms with Gasteiger partial charge < -0.3 is 85.2 Å². The number of nitrogens with one attached hydrogen (secondary N) is 3. The van der Waals surface area contributed by atoms with E-state index in [0.29, 0.717) is 0 Å². The van der Waals surface area contributed by atoms with Crippen molar-refractivity contribution in [1.82, 2.24) is 25.9 Å². The normalized spacial score (nSPS) is 32.6. The maximum atomic E-state index is 14.0. The zero-order valence-corrected chi connectivity index (χ0v) is 37.4. The van der Waals surface area contributed by atoms with Gasteiger partial charge in [-0.1, -0.05) is 50.3 Å². The van der Waals surface area contributed by atoms with E-state index in [1.807, 2.05) is 0 Å². The van der Waals surface area contributed by atoms with Crippen molar-refractivity contribution in [3.8, 4) is 11.9 Å². The highest BCUT2D eigenvalue weighted by Gasteiger charge is 2.54. The third-order valence-corrected chi connectivity index (χ3v) is 12.6. The minimum Gasteiger partial charge on any atom is -0.493 e. The number of nitrogens with zero attached hydrogens (tertiary/aromatic N) is 2. The van der Waals surface area contributed by atoms with Gasteiger partial charge in [0, 0.05) is 32.0 Å². The molecule has 4 aliphatic rings. The van der Waals surface area contributed by atoms with Crippen LogP contribution in [0.25, 0.3) is 0 Å². The van der Waals surface area contributed by atoms with Gasteiger partial charge in [-0.15, -0.1) is 0 Å². The highest BCUT2D eigenvalue weighted by molar-refractivity contribution is 5.93. The number of carbonyl (C=O) groups is 5. The van der Waals surface area contributed by atoms with Crippen LogP contribution >= 0.6 is 0 Å². The van der Waals surface area contributed by atoms with Gasteiger partial charge in [-0.2, -0.15) is 9.97 Å². The van der Waals surface area contributed by atoms with E-state index >= 15 is 0 Å². The Morgan fingerprint density at radius 1 is 0.824 bits per heavy atom. The Labute approximate surface area is 390 Å². The summed E-state index contributed by atoms with van der Waals surface area (Å²) in [6.45, 7) is 1.79. The molecule has 24 heteroatoms. The van der Waals surface area contributed by atoms with E-state index in [2.05, 4.69) is 25.9 Å². The zero-order chi connectivity index (χ0) is 49.2. The number of aromatic nitrogens is 2. The number of aliphatic hydroxyl groups is 5. The molecule has 1 aromatic heterocycles. The molecule has 0 spiro atoms. The predicted molar refractivity (Wildman–Crippen MR) is 228 cm³/mol. The number of ether oxygens (including phenoxy) is 6. The van der Waals surface area contributed by atoms with Crippen molar-refractivity contribution in [1.29, 1.82) is 0 Å². The van der Waals surface area contributed by atoms with E-state index in [9.17, 15) is 64.8 Å². The first kappa shape index (κ1) is 52.2. The number of benzene rings is 1. The molecule has 2 aliphatic carbocycles. The second kappa shape index (κ2) is 23.9. The number of aliphatic carboxylic acids is 1. The first-order chi connectivity index (χ1) is 32.4. The molecule has 2 aromatic rings. The standard InChI is InChI=1S/C44H61N5O19/c1-20-31(53)33(55)34(56)42(63-20)68-35-25(47-39(58)26-18-30(52)49-44(62)48-26)16-24(38(57)46-14-13-45-21(2)51)17-27(35)65-43-37(67-41(61)23-11-7-4-8-12-23)36(32(54)29(19-50)66-43)64-28(40(59)60)15-22-9-5-3-6-10-22/h4,7-8,11-12,18,20,22,24-25,27-29,31-37,42-43,50,53-56H,3,5-6,9-10,13-17,19H2,1-2H3,(H,45,51)(H,46,57)(H,47,58)(H,59,60)(H2,48,49,52,62)/t20?,24?,25?,27?,28-,29?,31?,32?,33?,34?,35?,36?,37?,42?,43?/m0/s1. The Hall–Kier alpha value is -5.15. The molecule has 3 amide bonds. The van der Waals surface area contributed by atoms with E-state index in [1.165, 1.54) is 26.0 Å². The van der Waals surface area contributed by atoms with Crippen molar-refractivity contribution in [2.75, 3.05) is 19.7 Å². The highest BCUT2D eigenvalue weighted by atomic mass is 16.7. The van der Waals surface area contributed by atoms with E-state index in [-0.39, 0.29) is 49.7 Å². The molecule has 2 saturated carbocycles. The number of carbonyl (C=O) groups excluding carboxylic acids is 4. The Morgan fingerprint density at radius 2 is 1.53 bits per heavy atom. The number of hydrogen-bond acceptors (Lipinski definition) is 20. The van der Waals surface area contributed by atoms with E-state index < -0.39 is 140 Å². The summed E-state index contributed by atoms with van der Waals surface area (Å²) in [5.74, 6) is -6.30. The van der Waals surface area contributed by atoms with Gasteiger partial charge in [-0.25, -0.2) is 9.59 Å². The number of rotatable bonds is 18. The molecule has 0 radical (unpaired) electrons. The van der Waals surface area contributed by atoms with Gasteiger partial charge in [0.1, 0.15) is 48.4 Å². The van der Waals surface area contributed by atoms with Crippen LogP contribution in [0.1, 0.15) is 86.1 Å². The largest absolute Gasteiger partial charge is 0.493 e. The third kappa shape index (κ3) is 13.3. The second-order valence-electron chi connectivity index (χ2n) is 17.5. The third-order valence-electron chi connectivity index (χ3n) is 12.6. The van der Waals surface area contributed by atoms with Crippen molar-refractivity contribution < 1.29 is 93.2 Å². The van der Waals surface area contributed by atoms with Crippen molar-refractivity contribution in [3.63, 3.8) is 0 Å². The lowest BCUT2D eigenvalue weighted by molar-refractivity contribution is -0.347. The summed E-state index contributed by atoms with van der Waals surface area (Å²) in [6, 6.07) is 6.11. The zero-order valence-electron chi connectivity index (χ0n) is 37.4. The molecule has 24 nitrogen and oxygen atoms in total. The molecule has 4 fully saturated rings. The molecule has 376 valence electrons. The molecular weight excluding hydrogens is 902 g/mol. The van der Waals surface area contributed by atoms with E-state index in [0.717, 1.165) is 38.2 Å². The minimum atomic E-state index is -1.92. The Kier molecular flexibility index (Phi) is 18.4. The van der Waals surface area contributed by atoms with Crippen molar-refractivity contribution in [2.45, 2.75) is 151 Å². The van der Waals surface area contributed by atoms with Crippen molar-refractivity contribution in [2.24, 2.45) is 11.8 Å². The number of carboxylic acids is 1. The molecule has 6 rings (SSSR count). The first-order valence-electron chi connectivity index (χ1n) is 22.6. The molecule has 2 saturated heterocycles. The molecule has 1 aromatic carbocycles. The maximum absolute atomic E-state index is 14.0. The van der Waals surface area contributed by atoms with Gasteiger partial charge in [0.2, 0.25) is 17.7 Å². The number of aliphatic hydroxyl groups excluding tert-OH is 5. The van der Waals surface area contributed by atoms with Crippen LogP contribution in [0.3, 0.4) is 0 Å². The molecule has 3 heterocycles. The fourth-order valence-electron chi connectivity index (χ4n) is 9.01. The maximum Gasteiger partial charge on any atom is 0.338 e. The number of amides is 3. The molecule has 68 heavy (non-hydrogen) atoms. The SMILES string of the molecule is CC(=O)NCCNC(=O)C1CC(NC(=O)c2cc(O)nc(O)n2)C(OC2OC(C)C(O)C(O)C2O)C(OC2OC(CO)C(O)C(O[C@@H](CC3CCCCC3)C(=O)O)C2OC(=O)c2ccccc2)C1. The number of esters is 1. The quantitative estimate of drug-likeness (QED) is 0.0589. The van der Waals surface area contributed by atoms with Gasteiger partial charge in [0.25, 0.3) is 5.91 Å². The molecule has 14 unspecified atom stereocenters. The van der Waals surface area contributed by atoms with Crippen LogP contribution in [0.2, 0.25) is 0 Å². The molecule has 0 bridgehead atoms. The lowest BCUT2D eigenvalue weighted by atomic mass is 9.80. The van der Waals surface area contributed by atoms with E-state index in [1.54, 1.807) is 18.2 Å². The monoisotopic (exact) mass is 963 g/mol. The van der Waals surface area contributed by atoms with Crippen molar-refractivity contribution >= 4 is 29.7 Å². The summed E-state index contributed by atoms with van der Waals surface area (Å²) in [7, 11) is 0. The lowest BCUT2D eigenvalue weighted by Crippen LogP contribution is -2.65. The van der Waals surface area contributed by atoms with Gasteiger partial charge in [0.15, 0.2) is 24.8 Å². The van der Waals surface area contributed by atoms with Gasteiger partial charge >= 0.3 is 17.9 Å². The Balaban J connectivity index is 1.41. The predicted octanol–water partition coefficient (Wildman–Crippen LogP) is -1.64. The smallest absolute Gasteiger partial charge is 0.338 e. The molecule has 2 aliphatic heterocycles. The van der Waals surface area contributed by atoms with Crippen molar-refractivity contribution in [3.05, 3.63) is 47.7 Å². The molecular formula is C44H61N5O19. The van der Waals surface area contributed by atoms with Gasteiger partial charge in [-0.05, 0) is 44.2 Å². The van der Waals surface area contributed by atoms with E-state index in [4.69, 9.17) is 28.4 Å². The summed E-state index contributed by atoms with van der Waals surface area (Å²) in [5, 5.41) is 93.1. The van der Waals surface area contributed by atoms with Gasteiger partial charge in [-0.3, -0.25) is 14.4 Å². The van der Waals surface area contributed by atoms with Crippen LogP contribution in [-0.4, -0.2) is 186 Å². The average molecular weight is 964 g/mol. The number of aromatic hydroxyl groups is 2. The fraction of sp³-hybridized carbons (Fsp3) is 0.659. The summed E-state index contributed by atoms with van der Waals surface area (Å²) >= 11 is 0. The molecule has 11 N–H and O–H groups in total. The van der Waals surface area contributed by atoms with Crippen LogP contribution < -0.4 is 16.0 Å². The summed E-state index contributed by atoms with van der Waals surface area (Å²) in [5.41, 5.74) is -0.516. The average Bonchev–Trinajstić information content (AvgIpc) is 3.31. The second-order valence-corrected chi connectivity index (χ2v) is 17.5. The highest BCUT2D eigenvalue weighted by Crippen LogP contribution is 2.38. The lowest BCUT2D eigenvalue weighted by Gasteiger charge is -2.48. The number of hydrogen-bond donors (Lipinski definition) is 11. The Bertz CT molecular complexity index is 2010. The van der Waals surface area contributed by atoms with Gasteiger partial charge in [0.05, 0.1) is 30.4 Å². The topological polar surface area (TPSA) is 364 Å². The fourth-order valence-corrected chi connectivity index (χ4v) is 9.01. The minimum absolute atomic E-state index is 0.0264. The van der Waals surface area contributed by atoms with Crippen LogP contribution in [0.15, 0.2) is 36.4 Å². The summed E-state index contributed by atoms with van der Waals surface area (Å²) < 4.78 is 37.0. The van der Waals surface area contributed by atoms with Crippen LogP contribution in [0.5, 0.6) is 11.9 Å². The van der Waals surface area contributed by atoms with Crippen LogP contribution in [-0.2, 0) is 42.8 Å². The van der Waals surface area contributed by atoms with Crippen LogP contribution in [0.4, 0.5) is 0 Å². The summed E-state index contributed by atoms with van der Waals surface area (Å²) in [6.07, 6.45) is -18.0. The number of carboxylic acid groups (broad SMARTS) is 1. The van der Waals surface area contributed by atoms with Crippen LogP contribution in [0, 0.1) is 11.8 Å². The molecule has 15 atom stereocenters. The summed E-state index contributed by atoms with van der Waals surface area (Å²) in [4.78, 5) is 73.1.